The molecule has 1 heterocycles. The molecule has 0 bridgehead atoms. The standard InChI is InChI=1S/C22H26N2O6/c1-5-29-22(25)18-13-17(24(26)27)14-23-19(18)8-6-16-7-9-20(21(12-16)28-4)30-11-10-15(2)3/h6-9,12-15H,5,10-11H2,1-4H3/b8-6+. The Hall–Kier alpha value is -3.42. The molecule has 0 fully saturated rings. The summed E-state index contributed by atoms with van der Waals surface area (Å²) < 4.78 is 16.2. The van der Waals surface area contributed by atoms with Crippen LogP contribution in [0.1, 0.15) is 48.8 Å². The van der Waals surface area contributed by atoms with Gasteiger partial charge in [-0.15, -0.1) is 0 Å². The van der Waals surface area contributed by atoms with Crippen LogP contribution in [0.4, 0.5) is 5.69 Å². The zero-order chi connectivity index (χ0) is 22.1. The highest BCUT2D eigenvalue weighted by molar-refractivity contribution is 5.94. The third-order valence-electron chi connectivity index (χ3n) is 4.18. The smallest absolute Gasteiger partial charge is 0.340 e. The van der Waals surface area contributed by atoms with Gasteiger partial charge in [-0.25, -0.2) is 9.78 Å². The van der Waals surface area contributed by atoms with Gasteiger partial charge in [0, 0.05) is 6.07 Å². The monoisotopic (exact) mass is 414 g/mol. The largest absolute Gasteiger partial charge is 0.493 e. The molecule has 0 spiro atoms. The van der Waals surface area contributed by atoms with Gasteiger partial charge < -0.3 is 14.2 Å². The van der Waals surface area contributed by atoms with Crippen LogP contribution in [0, 0.1) is 16.0 Å². The first-order chi connectivity index (χ1) is 14.3. The average Bonchev–Trinajstić information content (AvgIpc) is 2.72. The van der Waals surface area contributed by atoms with Crippen LogP contribution in [0.3, 0.4) is 0 Å². The number of hydrogen-bond donors (Lipinski definition) is 0. The predicted molar refractivity (Wildman–Crippen MR) is 114 cm³/mol. The molecule has 0 aliphatic rings. The zero-order valence-electron chi connectivity index (χ0n) is 17.6. The third kappa shape index (κ3) is 6.30. The minimum absolute atomic E-state index is 0.0305. The number of aromatic nitrogens is 1. The molecule has 1 aromatic carbocycles. The first-order valence-corrected chi connectivity index (χ1v) is 9.66. The van der Waals surface area contributed by atoms with Crippen LogP contribution in [0.5, 0.6) is 11.5 Å². The van der Waals surface area contributed by atoms with E-state index in [9.17, 15) is 14.9 Å². The number of rotatable bonds is 10. The van der Waals surface area contributed by atoms with Gasteiger partial charge in [0.05, 0.1) is 36.5 Å². The molecule has 0 saturated carbocycles. The number of benzene rings is 1. The van der Waals surface area contributed by atoms with Gasteiger partial charge in [-0.05, 0) is 43.0 Å². The van der Waals surface area contributed by atoms with Crippen LogP contribution in [-0.2, 0) is 4.74 Å². The van der Waals surface area contributed by atoms with E-state index in [1.807, 2.05) is 12.1 Å². The van der Waals surface area contributed by atoms with Gasteiger partial charge in [0.25, 0.3) is 5.69 Å². The summed E-state index contributed by atoms with van der Waals surface area (Å²) in [6.07, 6.45) is 5.38. The minimum Gasteiger partial charge on any atom is -0.493 e. The van der Waals surface area contributed by atoms with E-state index in [0.717, 1.165) is 24.2 Å². The molecule has 8 nitrogen and oxygen atoms in total. The van der Waals surface area contributed by atoms with Crippen LogP contribution >= 0.6 is 0 Å². The van der Waals surface area contributed by atoms with Crippen LogP contribution in [0.15, 0.2) is 30.5 Å². The number of carbonyl (C=O) groups is 1. The molecular formula is C22H26N2O6. The lowest BCUT2D eigenvalue weighted by Crippen LogP contribution is -2.08. The van der Waals surface area contributed by atoms with Crippen LogP contribution in [-0.4, -0.2) is 36.2 Å². The SMILES string of the molecule is CCOC(=O)c1cc([N+](=O)[O-])cnc1/C=C/c1ccc(OCCC(C)C)c(OC)c1. The van der Waals surface area contributed by atoms with Crippen LogP contribution in [0.25, 0.3) is 12.2 Å². The Morgan fingerprint density at radius 1 is 1.23 bits per heavy atom. The van der Waals surface area contributed by atoms with Gasteiger partial charge in [-0.2, -0.15) is 0 Å². The second-order valence-corrected chi connectivity index (χ2v) is 6.88. The van der Waals surface area contributed by atoms with Crippen molar-refractivity contribution < 1.29 is 23.9 Å². The Kier molecular flexibility index (Phi) is 8.34. The van der Waals surface area contributed by atoms with E-state index >= 15 is 0 Å². The van der Waals surface area contributed by atoms with E-state index in [0.29, 0.717) is 24.0 Å². The fraction of sp³-hybridized carbons (Fsp3) is 0.364. The van der Waals surface area contributed by atoms with Crippen molar-refractivity contribution in [3.05, 3.63) is 57.4 Å². The molecule has 30 heavy (non-hydrogen) atoms. The third-order valence-corrected chi connectivity index (χ3v) is 4.18. The van der Waals surface area contributed by atoms with Gasteiger partial charge in [0.15, 0.2) is 11.5 Å². The lowest BCUT2D eigenvalue weighted by molar-refractivity contribution is -0.385. The van der Waals surface area contributed by atoms with E-state index < -0.39 is 10.9 Å². The fourth-order valence-electron chi connectivity index (χ4n) is 2.56. The minimum atomic E-state index is -0.667. The quantitative estimate of drug-likeness (QED) is 0.313. The zero-order valence-corrected chi connectivity index (χ0v) is 17.6. The molecule has 0 N–H and O–H groups in total. The summed E-state index contributed by atoms with van der Waals surface area (Å²) in [5, 5.41) is 11.0. The molecule has 0 aliphatic heterocycles. The topological polar surface area (TPSA) is 101 Å². The normalized spacial score (nSPS) is 11.0. The number of ether oxygens (including phenoxy) is 3. The van der Waals surface area contributed by atoms with Crippen molar-refractivity contribution in [1.82, 2.24) is 4.98 Å². The van der Waals surface area contributed by atoms with Crippen LogP contribution < -0.4 is 9.47 Å². The van der Waals surface area contributed by atoms with Crippen molar-refractivity contribution in [3.63, 3.8) is 0 Å². The van der Waals surface area contributed by atoms with Gasteiger partial charge in [-0.1, -0.05) is 26.0 Å². The van der Waals surface area contributed by atoms with Crippen molar-refractivity contribution in [2.45, 2.75) is 27.2 Å². The Bertz CT molecular complexity index is 924. The molecule has 0 amide bonds. The summed E-state index contributed by atoms with van der Waals surface area (Å²) in [6, 6.07) is 6.63. The summed E-state index contributed by atoms with van der Waals surface area (Å²) in [5.41, 5.74) is 0.816. The van der Waals surface area contributed by atoms with Crippen molar-refractivity contribution in [1.29, 1.82) is 0 Å². The molecule has 0 unspecified atom stereocenters. The average molecular weight is 414 g/mol. The Labute approximate surface area is 175 Å². The summed E-state index contributed by atoms with van der Waals surface area (Å²) in [6.45, 7) is 6.67. The van der Waals surface area contributed by atoms with E-state index in [1.54, 1.807) is 32.3 Å². The number of nitro groups is 1. The summed E-state index contributed by atoms with van der Waals surface area (Å²) in [5.74, 6) is 1.11. The van der Waals surface area contributed by atoms with Crippen molar-refractivity contribution >= 4 is 23.8 Å². The first kappa shape index (κ1) is 22.9. The van der Waals surface area contributed by atoms with E-state index in [-0.39, 0.29) is 23.6 Å². The number of hydrogen-bond acceptors (Lipinski definition) is 7. The summed E-state index contributed by atoms with van der Waals surface area (Å²) >= 11 is 0. The number of methoxy groups -OCH3 is 1. The fourth-order valence-corrected chi connectivity index (χ4v) is 2.56. The molecular weight excluding hydrogens is 388 g/mol. The van der Waals surface area contributed by atoms with E-state index in [1.165, 1.54) is 0 Å². The number of carbonyl (C=O) groups excluding carboxylic acids is 1. The molecule has 8 heteroatoms. The Morgan fingerprint density at radius 3 is 2.63 bits per heavy atom. The van der Waals surface area contributed by atoms with Crippen molar-refractivity contribution in [3.8, 4) is 11.5 Å². The predicted octanol–water partition coefficient (Wildman–Crippen LogP) is 4.77. The molecule has 2 aromatic rings. The second-order valence-electron chi connectivity index (χ2n) is 6.88. The first-order valence-electron chi connectivity index (χ1n) is 9.66. The van der Waals surface area contributed by atoms with Crippen molar-refractivity contribution in [2.75, 3.05) is 20.3 Å². The lowest BCUT2D eigenvalue weighted by Gasteiger charge is -2.12. The van der Waals surface area contributed by atoms with Gasteiger partial charge in [0.2, 0.25) is 0 Å². The van der Waals surface area contributed by atoms with E-state index in [4.69, 9.17) is 14.2 Å². The maximum absolute atomic E-state index is 12.2. The maximum Gasteiger partial charge on any atom is 0.340 e. The highest BCUT2D eigenvalue weighted by Crippen LogP contribution is 2.29. The highest BCUT2D eigenvalue weighted by Gasteiger charge is 2.18. The summed E-state index contributed by atoms with van der Waals surface area (Å²) in [7, 11) is 1.56. The molecule has 0 atom stereocenters. The van der Waals surface area contributed by atoms with E-state index in [2.05, 4.69) is 18.8 Å². The van der Waals surface area contributed by atoms with Gasteiger partial charge in [0.1, 0.15) is 6.20 Å². The number of esters is 1. The lowest BCUT2D eigenvalue weighted by atomic mass is 10.1. The van der Waals surface area contributed by atoms with Gasteiger partial charge >= 0.3 is 5.97 Å². The highest BCUT2D eigenvalue weighted by atomic mass is 16.6. The molecule has 0 aliphatic carbocycles. The van der Waals surface area contributed by atoms with Crippen LogP contribution in [0.2, 0.25) is 0 Å². The molecule has 0 saturated heterocycles. The molecule has 1 aromatic heterocycles. The number of nitrogens with zero attached hydrogens (tertiary/aromatic N) is 2. The Balaban J connectivity index is 2.27. The van der Waals surface area contributed by atoms with Gasteiger partial charge in [-0.3, -0.25) is 10.1 Å². The molecule has 2 rings (SSSR count). The Morgan fingerprint density at radius 2 is 2.00 bits per heavy atom. The molecule has 160 valence electrons. The maximum atomic E-state index is 12.2. The van der Waals surface area contributed by atoms with Crippen molar-refractivity contribution in [2.24, 2.45) is 5.92 Å². The molecule has 0 radical (unpaired) electrons. The second kappa shape index (κ2) is 10.9. The number of pyridine rings is 1. The summed E-state index contributed by atoms with van der Waals surface area (Å²) in [4.78, 5) is 26.6.